The molecule has 0 radical (unpaired) electrons. The fourth-order valence-electron chi connectivity index (χ4n) is 6.16. The second kappa shape index (κ2) is 11.4. The lowest BCUT2D eigenvalue weighted by atomic mass is 9.94. The predicted octanol–water partition coefficient (Wildman–Crippen LogP) is 0.329. The topological polar surface area (TPSA) is 165 Å². The van der Waals surface area contributed by atoms with Crippen LogP contribution in [-0.4, -0.2) is 89.1 Å². The van der Waals surface area contributed by atoms with Gasteiger partial charge in [0.05, 0.1) is 16.8 Å². The number of hydrogen-bond acceptors (Lipinski definition) is 9. The van der Waals surface area contributed by atoms with E-state index in [1.807, 2.05) is 23.1 Å². The molecule has 6 rings (SSSR count). The first-order valence-corrected chi connectivity index (χ1v) is 14.3. The Morgan fingerprint density at radius 3 is 2.62 bits per heavy atom. The third kappa shape index (κ3) is 5.15. The Hall–Kier alpha value is -4.52. The molecular formula is C29H32N6O7. The van der Waals surface area contributed by atoms with Gasteiger partial charge in [0.15, 0.2) is 5.58 Å². The average Bonchev–Trinajstić information content (AvgIpc) is 3.49. The molecule has 2 atom stereocenters. The molecule has 1 aromatic carbocycles. The van der Waals surface area contributed by atoms with Gasteiger partial charge in [0.2, 0.25) is 17.7 Å². The van der Waals surface area contributed by atoms with Gasteiger partial charge in [0.1, 0.15) is 6.04 Å². The number of anilines is 1. The zero-order valence-corrected chi connectivity index (χ0v) is 23.0. The summed E-state index contributed by atoms with van der Waals surface area (Å²) in [7, 11) is 0. The summed E-state index contributed by atoms with van der Waals surface area (Å²) in [6, 6.07) is 4.22. The second-order valence-corrected chi connectivity index (χ2v) is 10.9. The normalized spacial score (nSPS) is 22.8. The van der Waals surface area contributed by atoms with Crippen LogP contribution in [0.1, 0.15) is 38.5 Å². The fourth-order valence-corrected chi connectivity index (χ4v) is 6.16. The van der Waals surface area contributed by atoms with Crippen molar-refractivity contribution < 1.29 is 28.4 Å². The van der Waals surface area contributed by atoms with Crippen LogP contribution in [0, 0.1) is 0 Å². The van der Waals surface area contributed by atoms with Gasteiger partial charge in [-0.15, -0.1) is 0 Å². The molecule has 4 heterocycles. The van der Waals surface area contributed by atoms with Gasteiger partial charge in [-0.2, -0.15) is 0 Å². The summed E-state index contributed by atoms with van der Waals surface area (Å²) < 4.78 is 5.31. The summed E-state index contributed by atoms with van der Waals surface area (Å²) >= 11 is 0. The van der Waals surface area contributed by atoms with E-state index in [9.17, 15) is 28.8 Å². The number of benzene rings is 1. The fraction of sp³-hybridized carbons (Fsp3) is 0.448. The molecule has 0 spiro atoms. The molecule has 2 saturated heterocycles. The third-order valence-electron chi connectivity index (χ3n) is 8.32. The molecule has 1 aromatic heterocycles. The van der Waals surface area contributed by atoms with Gasteiger partial charge in [0.25, 0.3) is 11.8 Å². The minimum absolute atomic E-state index is 0.0771. The van der Waals surface area contributed by atoms with Gasteiger partial charge in [-0.1, -0.05) is 18.2 Å². The molecule has 3 N–H and O–H groups in total. The number of carbonyl (C=O) groups is 5. The van der Waals surface area contributed by atoms with Crippen molar-refractivity contribution in [2.24, 2.45) is 0 Å². The lowest BCUT2D eigenvalue weighted by Crippen LogP contribution is -2.55. The van der Waals surface area contributed by atoms with Gasteiger partial charge < -0.3 is 19.5 Å². The number of piperidine rings is 1. The van der Waals surface area contributed by atoms with Crippen molar-refractivity contribution in [2.75, 3.05) is 37.6 Å². The summed E-state index contributed by atoms with van der Waals surface area (Å²) in [5.74, 6) is -2.44. The van der Waals surface area contributed by atoms with E-state index in [2.05, 4.69) is 20.5 Å². The molecule has 4 aliphatic rings. The zero-order chi connectivity index (χ0) is 29.4. The predicted molar refractivity (Wildman–Crippen MR) is 150 cm³/mol. The number of rotatable bonds is 8. The van der Waals surface area contributed by atoms with Crippen LogP contribution in [0.4, 0.5) is 5.69 Å². The monoisotopic (exact) mass is 576 g/mol. The summed E-state index contributed by atoms with van der Waals surface area (Å²) in [6.45, 7) is 2.98. The van der Waals surface area contributed by atoms with Crippen molar-refractivity contribution in [3.63, 3.8) is 0 Å². The Balaban J connectivity index is 0.959. The molecule has 2 fully saturated rings. The van der Waals surface area contributed by atoms with Crippen molar-refractivity contribution in [3.8, 4) is 0 Å². The largest absolute Gasteiger partial charge is 0.417 e. The number of nitrogens with one attached hydrogen (secondary N) is 3. The first-order chi connectivity index (χ1) is 20.3. The maximum atomic E-state index is 13.3. The number of aromatic amines is 1. The molecule has 13 nitrogen and oxygen atoms in total. The average molecular weight is 577 g/mol. The number of piperazine rings is 1. The van der Waals surface area contributed by atoms with Crippen LogP contribution < -0.4 is 21.3 Å². The van der Waals surface area contributed by atoms with E-state index in [0.717, 1.165) is 10.6 Å². The highest BCUT2D eigenvalue weighted by atomic mass is 16.4. The lowest BCUT2D eigenvalue weighted by Gasteiger charge is -2.36. The number of aromatic nitrogens is 1. The summed E-state index contributed by atoms with van der Waals surface area (Å²) in [4.78, 5) is 82.2. The van der Waals surface area contributed by atoms with Crippen molar-refractivity contribution in [1.29, 1.82) is 0 Å². The molecule has 0 saturated carbocycles. The van der Waals surface area contributed by atoms with E-state index in [0.29, 0.717) is 75.1 Å². The van der Waals surface area contributed by atoms with E-state index >= 15 is 0 Å². The highest BCUT2D eigenvalue weighted by Crippen LogP contribution is 2.32. The van der Waals surface area contributed by atoms with Crippen molar-refractivity contribution >= 4 is 46.3 Å². The second-order valence-electron chi connectivity index (χ2n) is 10.9. The van der Waals surface area contributed by atoms with Crippen molar-refractivity contribution in [1.82, 2.24) is 25.4 Å². The first kappa shape index (κ1) is 27.6. The molecule has 1 aliphatic carbocycles. The molecule has 42 heavy (non-hydrogen) atoms. The van der Waals surface area contributed by atoms with Crippen molar-refractivity contribution in [2.45, 2.75) is 50.6 Å². The molecule has 220 valence electrons. The van der Waals surface area contributed by atoms with Crippen LogP contribution in [0.15, 0.2) is 50.7 Å². The van der Waals surface area contributed by atoms with Crippen molar-refractivity contribution in [3.05, 3.63) is 52.0 Å². The maximum absolute atomic E-state index is 13.3. The standard InChI is InChI=1S/C29H32N6O7/c36-22-11-10-21(26(38)32-22)35-27(39)17-5-3-6-18(24(17)28(35)40)30-12-2-1-9-23(37)34-15-13-33(14-16-34)20-8-4-7-19-25(20)42-29(41)31-19/h3-5,7-8,18,21,30H,1-2,6,9-16H2,(H,31,41)(H,32,36,38). The third-order valence-corrected chi connectivity index (χ3v) is 8.32. The first-order valence-electron chi connectivity index (χ1n) is 14.3. The van der Waals surface area contributed by atoms with Crippen LogP contribution in [0.2, 0.25) is 0 Å². The van der Waals surface area contributed by atoms with Crippen LogP contribution in [0.25, 0.3) is 11.1 Å². The number of H-pyrrole nitrogens is 1. The summed E-state index contributed by atoms with van der Waals surface area (Å²) in [6.07, 6.45) is 5.98. The smallest absolute Gasteiger partial charge is 0.406 e. The van der Waals surface area contributed by atoms with Gasteiger partial charge in [0, 0.05) is 50.6 Å². The minimum Gasteiger partial charge on any atom is -0.406 e. The molecular weight excluding hydrogens is 544 g/mol. The molecule has 5 amide bonds. The number of fused-ring (bicyclic) bond motifs is 1. The summed E-state index contributed by atoms with van der Waals surface area (Å²) in [5.41, 5.74) is 2.66. The number of para-hydroxylation sites is 1. The van der Waals surface area contributed by atoms with Crippen LogP contribution in [0.3, 0.4) is 0 Å². The lowest BCUT2D eigenvalue weighted by molar-refractivity contribution is -0.150. The van der Waals surface area contributed by atoms with Gasteiger partial charge in [-0.3, -0.25) is 39.2 Å². The van der Waals surface area contributed by atoms with Gasteiger partial charge in [-0.25, -0.2) is 4.79 Å². The van der Waals surface area contributed by atoms with E-state index in [4.69, 9.17) is 4.42 Å². The number of amides is 5. The van der Waals surface area contributed by atoms with E-state index < -0.39 is 35.4 Å². The SMILES string of the molecule is O=C1CCC(N2C(=O)C3=C(C2=O)C(NCCCCC(=O)N2CCN(c4cccc5[nH]c(=O)oc45)CC2)CC=C3)C(=O)N1. The quantitative estimate of drug-likeness (QED) is 0.297. The van der Waals surface area contributed by atoms with E-state index in [1.165, 1.54) is 0 Å². The number of nitrogens with zero attached hydrogens (tertiary/aromatic N) is 3. The number of hydrogen-bond donors (Lipinski definition) is 3. The molecule has 2 aromatic rings. The van der Waals surface area contributed by atoms with Gasteiger partial charge >= 0.3 is 5.76 Å². The molecule has 2 unspecified atom stereocenters. The number of imide groups is 2. The highest BCUT2D eigenvalue weighted by molar-refractivity contribution is 6.23. The Morgan fingerprint density at radius 1 is 1.02 bits per heavy atom. The van der Waals surface area contributed by atoms with Gasteiger partial charge in [-0.05, 0) is 44.4 Å². The molecule has 0 bridgehead atoms. The number of unbranched alkanes of at least 4 members (excludes halogenated alkanes) is 1. The number of carbonyl (C=O) groups excluding carboxylic acids is 5. The van der Waals surface area contributed by atoms with Crippen LogP contribution >= 0.6 is 0 Å². The van der Waals surface area contributed by atoms with E-state index in [-0.39, 0.29) is 30.4 Å². The van der Waals surface area contributed by atoms with Crippen LogP contribution in [0.5, 0.6) is 0 Å². The van der Waals surface area contributed by atoms with Crippen LogP contribution in [-0.2, 0) is 24.0 Å². The zero-order valence-electron chi connectivity index (χ0n) is 23.0. The maximum Gasteiger partial charge on any atom is 0.417 e. The molecule has 13 heteroatoms. The Labute approximate surface area is 240 Å². The Bertz CT molecular complexity index is 1580. The summed E-state index contributed by atoms with van der Waals surface area (Å²) in [5, 5.41) is 5.56. The Kier molecular flexibility index (Phi) is 7.50. The van der Waals surface area contributed by atoms with E-state index in [1.54, 1.807) is 12.1 Å². The highest BCUT2D eigenvalue weighted by Gasteiger charge is 2.47. The number of oxazole rings is 1. The Morgan fingerprint density at radius 2 is 1.83 bits per heavy atom. The minimum atomic E-state index is -0.988. The molecule has 3 aliphatic heterocycles.